The van der Waals surface area contributed by atoms with Crippen LogP contribution >= 0.6 is 23.5 Å². The van der Waals surface area contributed by atoms with E-state index in [1.165, 1.54) is 0 Å². The molecule has 0 radical (unpaired) electrons. The highest BCUT2D eigenvalue weighted by molar-refractivity contribution is 7.99. The topological polar surface area (TPSA) is 102 Å². The van der Waals surface area contributed by atoms with E-state index in [0.717, 1.165) is 69.0 Å². The van der Waals surface area contributed by atoms with Gasteiger partial charge < -0.3 is 29.6 Å². The van der Waals surface area contributed by atoms with Crippen LogP contribution in [-0.2, 0) is 28.5 Å². The number of thioether (sulfide) groups is 2. The number of anilines is 2. The monoisotopic (exact) mass is 748 g/mol. The van der Waals surface area contributed by atoms with E-state index in [0.29, 0.717) is 79.0 Å². The van der Waals surface area contributed by atoms with Gasteiger partial charge in [-0.1, -0.05) is 72.8 Å². The number of carbonyl (C=O) groups is 2. The Labute approximate surface area is 316 Å². The second-order valence-corrected chi connectivity index (χ2v) is 14.8. The van der Waals surface area contributed by atoms with Crippen LogP contribution in [0.1, 0.15) is 0 Å². The van der Waals surface area contributed by atoms with Crippen LogP contribution in [0.25, 0.3) is 21.5 Å². The van der Waals surface area contributed by atoms with E-state index in [1.807, 2.05) is 84.2 Å². The smallest absolute Gasteiger partial charge is 0.238 e. The number of ether oxygens (including phenoxy) is 4. The van der Waals surface area contributed by atoms with Crippen LogP contribution in [0.3, 0.4) is 0 Å². The van der Waals surface area contributed by atoms with E-state index in [-0.39, 0.29) is 11.8 Å². The average molecular weight is 749 g/mol. The Balaban J connectivity index is 1.04. The number of nitrogens with zero attached hydrogens (tertiary/aromatic N) is 2. The van der Waals surface area contributed by atoms with E-state index in [1.54, 1.807) is 0 Å². The van der Waals surface area contributed by atoms with Crippen molar-refractivity contribution in [3.63, 3.8) is 0 Å². The minimum absolute atomic E-state index is 0.0361. The van der Waals surface area contributed by atoms with Crippen LogP contribution in [0.2, 0.25) is 0 Å². The standard InChI is InChI=1S/C40H52N4O6S2/c45-39(41-37-13-5-9-33-7-1-3-11-35(33)37)31-43-15-19-47-21-23-49-24-22-48-20-16-44(18-28-52-30-26-50-25-29-51-27-17-43)32-40(46)42-38-14-6-10-34-8-2-4-12-36(34)38/h1-14H,15-32H2,(H,41,45)(H,42,46). The fraction of sp³-hybridized carbons (Fsp3) is 0.450. The summed E-state index contributed by atoms with van der Waals surface area (Å²) >= 11 is 3.67. The first kappa shape index (κ1) is 40.0. The lowest BCUT2D eigenvalue weighted by molar-refractivity contribution is -0.118. The van der Waals surface area contributed by atoms with Crippen LogP contribution in [0, 0.1) is 0 Å². The van der Waals surface area contributed by atoms with Gasteiger partial charge in [0, 0.05) is 71.3 Å². The molecule has 10 nitrogen and oxygen atoms in total. The predicted molar refractivity (Wildman–Crippen MR) is 216 cm³/mol. The van der Waals surface area contributed by atoms with Gasteiger partial charge in [0.2, 0.25) is 11.8 Å². The lowest BCUT2D eigenvalue weighted by Gasteiger charge is -2.22. The third-order valence-corrected chi connectivity index (χ3v) is 10.4. The molecule has 1 saturated heterocycles. The summed E-state index contributed by atoms with van der Waals surface area (Å²) in [7, 11) is 0. The van der Waals surface area contributed by atoms with Gasteiger partial charge in [0.05, 0.1) is 65.9 Å². The highest BCUT2D eigenvalue weighted by Crippen LogP contribution is 2.24. The zero-order valence-electron chi connectivity index (χ0n) is 30.0. The molecule has 52 heavy (non-hydrogen) atoms. The number of rotatable bonds is 6. The molecule has 0 aliphatic carbocycles. The quantitative estimate of drug-likeness (QED) is 0.255. The molecule has 2 amide bonds. The number of benzene rings is 4. The van der Waals surface area contributed by atoms with E-state index < -0.39 is 0 Å². The molecule has 280 valence electrons. The molecule has 1 fully saturated rings. The Bertz CT molecular complexity index is 1510. The Morgan fingerprint density at radius 3 is 1.37 bits per heavy atom. The number of carbonyl (C=O) groups excluding carboxylic acids is 2. The first-order valence-corrected chi connectivity index (χ1v) is 20.4. The Morgan fingerprint density at radius 1 is 0.481 bits per heavy atom. The maximum Gasteiger partial charge on any atom is 0.238 e. The van der Waals surface area contributed by atoms with Crippen LogP contribution in [0.5, 0.6) is 0 Å². The summed E-state index contributed by atoms with van der Waals surface area (Å²) in [6.07, 6.45) is 0. The van der Waals surface area contributed by atoms with Gasteiger partial charge in [-0.3, -0.25) is 19.4 Å². The molecular formula is C40H52N4O6S2. The molecule has 0 bridgehead atoms. The van der Waals surface area contributed by atoms with Crippen molar-refractivity contribution in [2.45, 2.75) is 0 Å². The maximum atomic E-state index is 13.1. The first-order chi connectivity index (χ1) is 25.7. The molecule has 1 aliphatic heterocycles. The van der Waals surface area contributed by atoms with Crippen molar-refractivity contribution >= 4 is 68.3 Å². The molecule has 4 aromatic carbocycles. The fourth-order valence-electron chi connectivity index (χ4n) is 5.85. The van der Waals surface area contributed by atoms with Crippen LogP contribution in [0.15, 0.2) is 84.9 Å². The molecule has 1 heterocycles. The van der Waals surface area contributed by atoms with Crippen molar-refractivity contribution in [1.82, 2.24) is 9.80 Å². The third-order valence-electron chi connectivity index (χ3n) is 8.56. The number of hydrogen-bond acceptors (Lipinski definition) is 10. The van der Waals surface area contributed by atoms with Gasteiger partial charge >= 0.3 is 0 Å². The number of nitrogens with one attached hydrogen (secondary N) is 2. The average Bonchev–Trinajstić information content (AvgIpc) is 3.15. The Morgan fingerprint density at radius 2 is 0.885 bits per heavy atom. The van der Waals surface area contributed by atoms with Crippen molar-refractivity contribution in [3.8, 4) is 0 Å². The summed E-state index contributed by atoms with van der Waals surface area (Å²) < 4.78 is 23.4. The van der Waals surface area contributed by atoms with Gasteiger partial charge in [0.15, 0.2) is 0 Å². The highest BCUT2D eigenvalue weighted by Gasteiger charge is 2.14. The lowest BCUT2D eigenvalue weighted by Crippen LogP contribution is -2.37. The lowest BCUT2D eigenvalue weighted by atomic mass is 10.1. The van der Waals surface area contributed by atoms with E-state index in [9.17, 15) is 9.59 Å². The summed E-state index contributed by atoms with van der Waals surface area (Å²) in [5, 5.41) is 10.5. The Hall–Kier alpha value is -3.20. The van der Waals surface area contributed by atoms with E-state index in [4.69, 9.17) is 18.9 Å². The first-order valence-electron chi connectivity index (χ1n) is 18.1. The minimum atomic E-state index is -0.0361. The van der Waals surface area contributed by atoms with Gasteiger partial charge in [-0.05, 0) is 22.9 Å². The molecule has 12 heteroatoms. The molecule has 5 rings (SSSR count). The molecule has 4 aromatic rings. The van der Waals surface area contributed by atoms with Crippen molar-refractivity contribution in [2.24, 2.45) is 0 Å². The minimum Gasteiger partial charge on any atom is -0.380 e. The SMILES string of the molecule is O=C(CN1CCOCCOCCOCCN(CC(=O)Nc2cccc3ccccc23)CCSCCOCCSCC1)Nc1cccc2ccccc12. The van der Waals surface area contributed by atoms with Crippen molar-refractivity contribution < 1.29 is 28.5 Å². The summed E-state index contributed by atoms with van der Waals surface area (Å²) in [4.78, 5) is 30.5. The molecule has 0 unspecified atom stereocenters. The van der Waals surface area contributed by atoms with Gasteiger partial charge in [-0.15, -0.1) is 0 Å². The van der Waals surface area contributed by atoms with Crippen molar-refractivity contribution in [1.29, 1.82) is 0 Å². The summed E-state index contributed by atoms with van der Waals surface area (Å²) in [6.45, 7) is 7.72. The molecule has 0 saturated carbocycles. The second-order valence-electron chi connectivity index (χ2n) is 12.4. The van der Waals surface area contributed by atoms with Crippen LogP contribution in [-0.4, -0.2) is 137 Å². The summed E-state index contributed by atoms with van der Waals surface area (Å²) in [5.41, 5.74) is 1.65. The second kappa shape index (κ2) is 23.5. The third kappa shape index (κ3) is 14.3. The largest absolute Gasteiger partial charge is 0.380 e. The summed E-state index contributed by atoms with van der Waals surface area (Å²) in [5.74, 6) is 3.51. The molecule has 0 atom stereocenters. The maximum absolute atomic E-state index is 13.1. The van der Waals surface area contributed by atoms with Crippen LogP contribution in [0.4, 0.5) is 11.4 Å². The number of hydrogen-bond donors (Lipinski definition) is 2. The zero-order chi connectivity index (χ0) is 36.1. The summed E-state index contributed by atoms with van der Waals surface area (Å²) in [6, 6.07) is 28.1. The number of amides is 2. The Kier molecular flexibility index (Phi) is 18.0. The zero-order valence-corrected chi connectivity index (χ0v) is 31.6. The van der Waals surface area contributed by atoms with Crippen molar-refractivity contribution in [2.75, 3.05) is 126 Å². The van der Waals surface area contributed by atoms with Gasteiger partial charge in [0.25, 0.3) is 0 Å². The molecule has 0 spiro atoms. The molecule has 2 N–H and O–H groups in total. The van der Waals surface area contributed by atoms with E-state index in [2.05, 4.69) is 44.7 Å². The van der Waals surface area contributed by atoms with Crippen molar-refractivity contribution in [3.05, 3.63) is 84.9 Å². The molecule has 0 aromatic heterocycles. The number of fused-ring (bicyclic) bond motifs is 2. The predicted octanol–water partition coefficient (Wildman–Crippen LogP) is 5.72. The van der Waals surface area contributed by atoms with E-state index >= 15 is 0 Å². The van der Waals surface area contributed by atoms with Gasteiger partial charge in [0.1, 0.15) is 0 Å². The highest BCUT2D eigenvalue weighted by atomic mass is 32.2. The van der Waals surface area contributed by atoms with Gasteiger partial charge in [-0.25, -0.2) is 0 Å². The fourth-order valence-corrected chi connectivity index (χ4v) is 7.51. The molecular weight excluding hydrogens is 697 g/mol. The molecule has 1 aliphatic rings. The van der Waals surface area contributed by atoms with Gasteiger partial charge in [-0.2, -0.15) is 23.5 Å². The van der Waals surface area contributed by atoms with Crippen LogP contribution < -0.4 is 10.6 Å². The normalized spacial score (nSPS) is 18.0.